The van der Waals surface area contributed by atoms with Crippen molar-refractivity contribution in [3.8, 4) is 0 Å². The third kappa shape index (κ3) is 1.87. The Bertz CT molecular complexity index is 364. The molecule has 0 aromatic carbocycles. The molecule has 0 unspecified atom stereocenters. The number of ether oxygens (including phenoxy) is 1. The van der Waals surface area contributed by atoms with Gasteiger partial charge in [0.15, 0.2) is 0 Å². The fourth-order valence-electron chi connectivity index (χ4n) is 1.32. The van der Waals surface area contributed by atoms with Gasteiger partial charge in [0, 0.05) is 4.88 Å². The maximum atomic E-state index is 11.4. The highest BCUT2D eigenvalue weighted by Crippen LogP contribution is 2.28. The van der Waals surface area contributed by atoms with Crippen LogP contribution in [-0.2, 0) is 11.2 Å². The monoisotopic (exact) mass is 210 g/mol. The Kier molecular flexibility index (Phi) is 3.47. The second-order valence-corrected chi connectivity index (χ2v) is 4.30. The average Bonchev–Trinajstić information content (AvgIpc) is 2.45. The van der Waals surface area contributed by atoms with Gasteiger partial charge in [-0.2, -0.15) is 0 Å². The van der Waals surface area contributed by atoms with Crippen LogP contribution in [0.4, 0.5) is 0 Å². The van der Waals surface area contributed by atoms with Gasteiger partial charge in [-0.1, -0.05) is 6.08 Å². The minimum absolute atomic E-state index is 0.247. The lowest BCUT2D eigenvalue weighted by molar-refractivity contribution is 0.0605. The van der Waals surface area contributed by atoms with Gasteiger partial charge in [-0.15, -0.1) is 17.9 Å². The summed E-state index contributed by atoms with van der Waals surface area (Å²) in [5.41, 5.74) is 2.23. The van der Waals surface area contributed by atoms with E-state index in [0.717, 1.165) is 12.0 Å². The molecule has 0 amide bonds. The van der Waals surface area contributed by atoms with Crippen LogP contribution in [0.3, 0.4) is 0 Å². The van der Waals surface area contributed by atoms with Crippen molar-refractivity contribution in [2.24, 2.45) is 0 Å². The number of esters is 1. The van der Waals surface area contributed by atoms with E-state index in [2.05, 4.69) is 6.58 Å². The lowest BCUT2D eigenvalue weighted by atomic mass is 10.1. The largest absolute Gasteiger partial charge is 0.465 e. The molecule has 0 aliphatic rings. The number of methoxy groups -OCH3 is 1. The smallest absolute Gasteiger partial charge is 0.348 e. The predicted molar refractivity (Wildman–Crippen MR) is 59.0 cm³/mol. The molecule has 0 bridgehead atoms. The molecule has 1 rings (SSSR count). The van der Waals surface area contributed by atoms with E-state index in [1.807, 2.05) is 13.8 Å². The molecule has 0 aliphatic carbocycles. The van der Waals surface area contributed by atoms with Gasteiger partial charge in [-0.05, 0) is 31.4 Å². The van der Waals surface area contributed by atoms with Crippen molar-refractivity contribution < 1.29 is 9.53 Å². The van der Waals surface area contributed by atoms with Crippen LogP contribution in [-0.4, -0.2) is 13.1 Å². The molecule has 2 nitrogen and oxygen atoms in total. The quantitative estimate of drug-likeness (QED) is 0.566. The van der Waals surface area contributed by atoms with Crippen LogP contribution in [0.25, 0.3) is 0 Å². The highest BCUT2D eigenvalue weighted by molar-refractivity contribution is 7.14. The fourth-order valence-corrected chi connectivity index (χ4v) is 2.43. The molecule has 14 heavy (non-hydrogen) atoms. The van der Waals surface area contributed by atoms with Crippen LogP contribution < -0.4 is 0 Å². The molecule has 1 aromatic heterocycles. The number of allylic oxidation sites excluding steroid dienone is 1. The summed E-state index contributed by atoms with van der Waals surface area (Å²) in [5, 5.41) is 0. The molecule has 0 fully saturated rings. The summed E-state index contributed by atoms with van der Waals surface area (Å²) in [6.45, 7) is 7.72. The van der Waals surface area contributed by atoms with Crippen molar-refractivity contribution in [3.05, 3.63) is 33.5 Å². The SMILES string of the molecule is C=CCc1c(C(=O)OC)sc(C)c1C. The van der Waals surface area contributed by atoms with E-state index >= 15 is 0 Å². The minimum Gasteiger partial charge on any atom is -0.465 e. The lowest BCUT2D eigenvalue weighted by Crippen LogP contribution is -2.02. The third-order valence-corrected chi connectivity index (χ3v) is 3.46. The van der Waals surface area contributed by atoms with Crippen LogP contribution in [0.5, 0.6) is 0 Å². The summed E-state index contributed by atoms with van der Waals surface area (Å²) in [5.74, 6) is -0.247. The van der Waals surface area contributed by atoms with Crippen LogP contribution >= 0.6 is 11.3 Å². The molecule has 0 N–H and O–H groups in total. The topological polar surface area (TPSA) is 26.3 Å². The number of aryl methyl sites for hydroxylation is 1. The first-order valence-electron chi connectivity index (χ1n) is 4.39. The fraction of sp³-hybridized carbons (Fsp3) is 0.364. The highest BCUT2D eigenvalue weighted by atomic mass is 32.1. The second kappa shape index (κ2) is 4.42. The summed E-state index contributed by atoms with van der Waals surface area (Å²) >= 11 is 1.49. The van der Waals surface area contributed by atoms with Gasteiger partial charge in [0.1, 0.15) is 4.88 Å². The van der Waals surface area contributed by atoms with E-state index in [-0.39, 0.29) is 5.97 Å². The summed E-state index contributed by atoms with van der Waals surface area (Å²) < 4.78 is 4.73. The van der Waals surface area contributed by atoms with E-state index in [1.165, 1.54) is 28.9 Å². The molecule has 0 aliphatic heterocycles. The zero-order chi connectivity index (χ0) is 10.7. The number of carbonyl (C=O) groups is 1. The maximum absolute atomic E-state index is 11.4. The zero-order valence-electron chi connectivity index (χ0n) is 8.72. The molecule has 0 saturated heterocycles. The molecule has 3 heteroatoms. The third-order valence-electron chi connectivity index (χ3n) is 2.23. The van der Waals surface area contributed by atoms with Gasteiger partial charge in [-0.25, -0.2) is 4.79 Å². The number of hydrogen-bond donors (Lipinski definition) is 0. The Morgan fingerprint density at radius 2 is 2.21 bits per heavy atom. The summed E-state index contributed by atoms with van der Waals surface area (Å²) in [6, 6.07) is 0. The Morgan fingerprint density at radius 1 is 1.57 bits per heavy atom. The first kappa shape index (κ1) is 11.0. The second-order valence-electron chi connectivity index (χ2n) is 3.08. The highest BCUT2D eigenvalue weighted by Gasteiger charge is 2.17. The zero-order valence-corrected chi connectivity index (χ0v) is 9.53. The van der Waals surface area contributed by atoms with Gasteiger partial charge in [0.05, 0.1) is 7.11 Å². The lowest BCUT2D eigenvalue weighted by Gasteiger charge is -2.00. The molecule has 0 spiro atoms. The standard InChI is InChI=1S/C11H14O2S/c1-5-6-9-7(2)8(3)14-10(9)11(12)13-4/h5H,1,6H2,2-4H3. The van der Waals surface area contributed by atoms with Crippen LogP contribution in [0.15, 0.2) is 12.7 Å². The summed E-state index contributed by atoms with van der Waals surface area (Å²) in [7, 11) is 1.41. The molecule has 1 aromatic rings. The Balaban J connectivity index is 3.21. The molecule has 0 atom stereocenters. The average molecular weight is 210 g/mol. The molecular formula is C11H14O2S. The van der Waals surface area contributed by atoms with Crippen LogP contribution in [0, 0.1) is 13.8 Å². The van der Waals surface area contributed by atoms with Gasteiger partial charge < -0.3 is 4.74 Å². The number of rotatable bonds is 3. The number of hydrogen-bond acceptors (Lipinski definition) is 3. The molecule has 76 valence electrons. The molecule has 0 radical (unpaired) electrons. The van der Waals surface area contributed by atoms with E-state index in [9.17, 15) is 4.79 Å². The van der Waals surface area contributed by atoms with Gasteiger partial charge in [0.2, 0.25) is 0 Å². The van der Waals surface area contributed by atoms with Gasteiger partial charge in [0.25, 0.3) is 0 Å². The summed E-state index contributed by atoms with van der Waals surface area (Å²) in [4.78, 5) is 13.3. The Morgan fingerprint density at radius 3 is 2.71 bits per heavy atom. The van der Waals surface area contributed by atoms with Crippen molar-refractivity contribution in [1.29, 1.82) is 0 Å². The van der Waals surface area contributed by atoms with Crippen molar-refractivity contribution in [2.75, 3.05) is 7.11 Å². The van der Waals surface area contributed by atoms with E-state index in [1.54, 1.807) is 6.08 Å². The van der Waals surface area contributed by atoms with E-state index < -0.39 is 0 Å². The minimum atomic E-state index is -0.247. The Hall–Kier alpha value is -1.09. The molecule has 0 saturated carbocycles. The van der Waals surface area contributed by atoms with Crippen molar-refractivity contribution >= 4 is 17.3 Å². The normalized spacial score (nSPS) is 9.93. The summed E-state index contributed by atoms with van der Waals surface area (Å²) in [6.07, 6.45) is 2.53. The first-order valence-corrected chi connectivity index (χ1v) is 5.21. The predicted octanol–water partition coefficient (Wildman–Crippen LogP) is 2.88. The molecular weight excluding hydrogens is 196 g/mol. The van der Waals surface area contributed by atoms with Crippen molar-refractivity contribution in [1.82, 2.24) is 0 Å². The van der Waals surface area contributed by atoms with Crippen LogP contribution in [0.1, 0.15) is 25.7 Å². The number of carbonyl (C=O) groups excluding carboxylic acids is 1. The van der Waals surface area contributed by atoms with E-state index in [4.69, 9.17) is 4.74 Å². The van der Waals surface area contributed by atoms with Crippen LogP contribution in [0.2, 0.25) is 0 Å². The molecule has 1 heterocycles. The first-order chi connectivity index (χ1) is 6.61. The van der Waals surface area contributed by atoms with E-state index in [0.29, 0.717) is 4.88 Å². The Labute approximate surface area is 88.2 Å². The van der Waals surface area contributed by atoms with Crippen molar-refractivity contribution in [2.45, 2.75) is 20.3 Å². The van der Waals surface area contributed by atoms with Crippen molar-refractivity contribution in [3.63, 3.8) is 0 Å². The maximum Gasteiger partial charge on any atom is 0.348 e. The number of thiophene rings is 1. The van der Waals surface area contributed by atoms with Gasteiger partial charge >= 0.3 is 5.97 Å². The van der Waals surface area contributed by atoms with Gasteiger partial charge in [-0.3, -0.25) is 0 Å².